The number of oxazole rings is 1. The lowest BCUT2D eigenvalue weighted by Crippen LogP contribution is -2.13. The first-order valence-electron chi connectivity index (χ1n) is 9.48. The summed E-state index contributed by atoms with van der Waals surface area (Å²) in [6.07, 6.45) is 2.18. The lowest BCUT2D eigenvalue weighted by molar-refractivity contribution is 0.102. The zero-order valence-electron chi connectivity index (χ0n) is 15.9. The molecule has 1 aliphatic rings. The normalized spacial score (nSPS) is 14.3. The number of aryl methyl sites for hydroxylation is 1. The Morgan fingerprint density at radius 3 is 2.79 bits per heavy atom. The minimum atomic E-state index is -0.213. The molecule has 4 aromatic rings. The lowest BCUT2D eigenvalue weighted by Gasteiger charge is -2.09. The van der Waals surface area contributed by atoms with Crippen molar-refractivity contribution in [3.05, 3.63) is 47.1 Å². The van der Waals surface area contributed by atoms with Crippen LogP contribution in [-0.4, -0.2) is 21.0 Å². The second-order valence-corrected chi connectivity index (χ2v) is 7.64. The van der Waals surface area contributed by atoms with Gasteiger partial charge in [0.15, 0.2) is 11.5 Å². The van der Waals surface area contributed by atoms with Gasteiger partial charge in [0.25, 0.3) is 11.6 Å². The number of nitrogens with zero attached hydrogens (tertiary/aromatic N) is 3. The second-order valence-electron chi connectivity index (χ2n) is 7.64. The summed E-state index contributed by atoms with van der Waals surface area (Å²) in [5.41, 5.74) is 4.67. The van der Waals surface area contributed by atoms with Gasteiger partial charge in [-0.25, -0.2) is 9.97 Å². The van der Waals surface area contributed by atoms with Gasteiger partial charge < -0.3 is 14.3 Å². The fourth-order valence-corrected chi connectivity index (χ4v) is 3.47. The molecule has 3 aromatic heterocycles. The van der Waals surface area contributed by atoms with Crippen LogP contribution in [0.5, 0.6) is 0 Å². The number of amides is 1. The van der Waals surface area contributed by atoms with Crippen LogP contribution in [0.2, 0.25) is 0 Å². The van der Waals surface area contributed by atoms with Crippen LogP contribution in [0.15, 0.2) is 33.2 Å². The molecule has 5 rings (SSSR count). The highest BCUT2D eigenvalue weighted by molar-refractivity contribution is 6.12. The molecule has 0 bridgehead atoms. The lowest BCUT2D eigenvalue weighted by atomic mass is 10.0. The number of aromatic nitrogens is 3. The highest BCUT2D eigenvalue weighted by atomic mass is 16.5. The third-order valence-corrected chi connectivity index (χ3v) is 5.03. The molecule has 142 valence electrons. The number of nitrogens with one attached hydrogen (secondary N) is 1. The van der Waals surface area contributed by atoms with Crippen LogP contribution in [-0.2, 0) is 0 Å². The van der Waals surface area contributed by atoms with Crippen molar-refractivity contribution < 1.29 is 13.7 Å². The van der Waals surface area contributed by atoms with Gasteiger partial charge in [0, 0.05) is 30.3 Å². The molecule has 28 heavy (non-hydrogen) atoms. The molecule has 0 aliphatic heterocycles. The van der Waals surface area contributed by atoms with E-state index in [2.05, 4.69) is 20.4 Å². The molecule has 0 radical (unpaired) electrons. The maximum atomic E-state index is 13.2. The summed E-state index contributed by atoms with van der Waals surface area (Å²) >= 11 is 0. The van der Waals surface area contributed by atoms with E-state index in [9.17, 15) is 4.79 Å². The highest BCUT2D eigenvalue weighted by Crippen LogP contribution is 2.41. The molecule has 1 N–H and O–H groups in total. The smallest absolute Gasteiger partial charge is 0.259 e. The molecule has 0 spiro atoms. The standard InChI is InChI=1S/C21H20N4O3/c1-10(2)19-18-14(9-16(12-4-5-12)24-21(18)28-25-19)20(26)23-13-6-7-15-17(8-13)27-11(3)22-15/h6-10,12H,4-5H2,1-3H3,(H,23,26). The molecular weight excluding hydrogens is 356 g/mol. The molecule has 0 atom stereocenters. The number of hydrogen-bond donors (Lipinski definition) is 1. The molecule has 1 fully saturated rings. The molecule has 0 saturated heterocycles. The topological polar surface area (TPSA) is 94.1 Å². The largest absolute Gasteiger partial charge is 0.441 e. The first kappa shape index (κ1) is 16.9. The first-order valence-corrected chi connectivity index (χ1v) is 9.48. The van der Waals surface area contributed by atoms with Crippen molar-refractivity contribution >= 4 is 33.8 Å². The summed E-state index contributed by atoms with van der Waals surface area (Å²) in [7, 11) is 0. The second kappa shape index (κ2) is 6.15. The maximum Gasteiger partial charge on any atom is 0.259 e. The summed E-state index contributed by atoms with van der Waals surface area (Å²) in [6, 6.07) is 7.32. The molecule has 1 amide bonds. The predicted octanol–water partition coefficient (Wildman–Crippen LogP) is 4.93. The van der Waals surface area contributed by atoms with Crippen LogP contribution in [0.3, 0.4) is 0 Å². The van der Waals surface area contributed by atoms with E-state index < -0.39 is 0 Å². The van der Waals surface area contributed by atoms with Crippen molar-refractivity contribution in [3.63, 3.8) is 0 Å². The minimum absolute atomic E-state index is 0.120. The third kappa shape index (κ3) is 2.83. The molecule has 1 aromatic carbocycles. The van der Waals surface area contributed by atoms with Gasteiger partial charge in [0.2, 0.25) is 0 Å². The van der Waals surface area contributed by atoms with E-state index in [0.717, 1.165) is 29.7 Å². The molecule has 7 heteroatoms. The van der Waals surface area contributed by atoms with E-state index in [4.69, 9.17) is 8.94 Å². The number of carbonyl (C=O) groups excluding carboxylic acids is 1. The average Bonchev–Trinajstić information content (AvgIpc) is 3.31. The summed E-state index contributed by atoms with van der Waals surface area (Å²) in [5, 5.41) is 7.83. The number of carbonyl (C=O) groups is 1. The van der Waals surface area contributed by atoms with Crippen LogP contribution in [0, 0.1) is 6.92 Å². The monoisotopic (exact) mass is 376 g/mol. The van der Waals surface area contributed by atoms with Gasteiger partial charge in [-0.1, -0.05) is 19.0 Å². The summed E-state index contributed by atoms with van der Waals surface area (Å²) in [5.74, 6) is 0.899. The molecule has 1 aliphatic carbocycles. The Kier molecular flexibility index (Phi) is 3.72. The van der Waals surface area contributed by atoms with Crippen molar-refractivity contribution in [3.8, 4) is 0 Å². The maximum absolute atomic E-state index is 13.2. The van der Waals surface area contributed by atoms with E-state index in [-0.39, 0.29) is 11.8 Å². The Bertz CT molecular complexity index is 1220. The van der Waals surface area contributed by atoms with Crippen molar-refractivity contribution in [1.29, 1.82) is 0 Å². The van der Waals surface area contributed by atoms with Gasteiger partial charge in [-0.3, -0.25) is 4.79 Å². The number of benzene rings is 1. The van der Waals surface area contributed by atoms with E-state index in [1.807, 2.05) is 32.0 Å². The summed E-state index contributed by atoms with van der Waals surface area (Å²) < 4.78 is 11.0. The van der Waals surface area contributed by atoms with Gasteiger partial charge in [-0.2, -0.15) is 0 Å². The van der Waals surface area contributed by atoms with E-state index >= 15 is 0 Å². The van der Waals surface area contributed by atoms with Crippen LogP contribution in [0.25, 0.3) is 22.2 Å². The van der Waals surface area contributed by atoms with Crippen LogP contribution < -0.4 is 5.32 Å². The van der Waals surface area contributed by atoms with Gasteiger partial charge in [0.1, 0.15) is 5.52 Å². The Labute approximate surface area is 161 Å². The zero-order chi connectivity index (χ0) is 19.4. The van der Waals surface area contributed by atoms with E-state index in [1.165, 1.54) is 0 Å². The zero-order valence-corrected chi connectivity index (χ0v) is 15.9. The molecule has 7 nitrogen and oxygen atoms in total. The fraction of sp³-hybridized carbons (Fsp3) is 0.333. The Morgan fingerprint density at radius 1 is 1.21 bits per heavy atom. The molecular formula is C21H20N4O3. The highest BCUT2D eigenvalue weighted by Gasteiger charge is 2.29. The molecule has 3 heterocycles. The van der Waals surface area contributed by atoms with Crippen molar-refractivity contribution in [1.82, 2.24) is 15.1 Å². The SMILES string of the molecule is Cc1nc2ccc(NC(=O)c3cc(C4CC4)nc4onc(C(C)C)c34)cc2o1. The molecule has 0 unspecified atom stereocenters. The average molecular weight is 376 g/mol. The van der Waals surface area contributed by atoms with Crippen molar-refractivity contribution in [2.24, 2.45) is 0 Å². The van der Waals surface area contributed by atoms with Crippen molar-refractivity contribution in [2.45, 2.75) is 45.4 Å². The Morgan fingerprint density at radius 2 is 2.04 bits per heavy atom. The number of fused-ring (bicyclic) bond motifs is 2. The Hall–Kier alpha value is -3.22. The van der Waals surface area contributed by atoms with Gasteiger partial charge in [-0.15, -0.1) is 0 Å². The minimum Gasteiger partial charge on any atom is -0.441 e. The fourth-order valence-electron chi connectivity index (χ4n) is 3.47. The van der Waals surface area contributed by atoms with Crippen LogP contribution >= 0.6 is 0 Å². The van der Waals surface area contributed by atoms with E-state index in [1.54, 1.807) is 13.0 Å². The Balaban J connectivity index is 1.57. The first-order chi connectivity index (χ1) is 13.5. The van der Waals surface area contributed by atoms with Crippen molar-refractivity contribution in [2.75, 3.05) is 5.32 Å². The van der Waals surface area contributed by atoms with Crippen LogP contribution in [0.4, 0.5) is 5.69 Å². The van der Waals surface area contributed by atoms with Gasteiger partial charge in [-0.05, 0) is 37.0 Å². The summed E-state index contributed by atoms with van der Waals surface area (Å²) in [6.45, 7) is 5.84. The van der Waals surface area contributed by atoms with Gasteiger partial charge in [0.05, 0.1) is 16.6 Å². The number of anilines is 1. The quantitative estimate of drug-likeness (QED) is 0.543. The third-order valence-electron chi connectivity index (χ3n) is 5.03. The van der Waals surface area contributed by atoms with Crippen LogP contribution in [0.1, 0.15) is 66.2 Å². The van der Waals surface area contributed by atoms with Gasteiger partial charge >= 0.3 is 0 Å². The predicted molar refractivity (Wildman–Crippen MR) is 105 cm³/mol. The molecule has 1 saturated carbocycles. The number of pyridine rings is 1. The summed E-state index contributed by atoms with van der Waals surface area (Å²) in [4.78, 5) is 22.1. The van der Waals surface area contributed by atoms with E-state index in [0.29, 0.717) is 39.7 Å². The number of rotatable bonds is 4. The number of hydrogen-bond acceptors (Lipinski definition) is 6.